The highest BCUT2D eigenvalue weighted by Crippen LogP contribution is 2.38. The molecule has 1 heterocycles. The largest absolute Gasteiger partial charge is 0.349 e. The van der Waals surface area contributed by atoms with E-state index < -0.39 is 6.55 Å². The molecule has 2 rings (SSSR count). The van der Waals surface area contributed by atoms with Crippen LogP contribution in [0.2, 0.25) is 0 Å². The molecule has 1 saturated carbocycles. The topological polar surface area (TPSA) is 72.9 Å². The number of rotatable bonds is 6. The molecule has 0 spiro atoms. The molecular formula is C14H24Cl2F2N4O. The fraction of sp³-hybridized carbons (Fsp3) is 0.714. The van der Waals surface area contributed by atoms with E-state index in [1.54, 1.807) is 0 Å². The minimum atomic E-state index is -2.65. The Morgan fingerprint density at radius 3 is 2.57 bits per heavy atom. The van der Waals surface area contributed by atoms with Crippen LogP contribution in [0.25, 0.3) is 0 Å². The van der Waals surface area contributed by atoms with Crippen molar-refractivity contribution in [1.29, 1.82) is 0 Å². The average molecular weight is 373 g/mol. The SMILES string of the molecule is Cl.Cl.NCC1(CC(=O)NCc2nccn2C(F)F)CCCCC1. The summed E-state index contributed by atoms with van der Waals surface area (Å²) in [6.45, 7) is -2.14. The number of carbonyl (C=O) groups excluding carboxylic acids is 1. The van der Waals surface area contributed by atoms with Gasteiger partial charge in [-0.25, -0.2) is 4.98 Å². The van der Waals surface area contributed by atoms with Crippen molar-refractivity contribution in [1.82, 2.24) is 14.9 Å². The van der Waals surface area contributed by atoms with Crippen molar-refractivity contribution >= 4 is 30.7 Å². The van der Waals surface area contributed by atoms with Gasteiger partial charge in [-0.2, -0.15) is 8.78 Å². The van der Waals surface area contributed by atoms with Crippen LogP contribution in [0.3, 0.4) is 0 Å². The Balaban J connectivity index is 0.00000242. The normalized spacial score (nSPS) is 16.3. The van der Waals surface area contributed by atoms with E-state index in [2.05, 4.69) is 10.3 Å². The molecule has 1 fully saturated rings. The van der Waals surface area contributed by atoms with Crippen LogP contribution in [0.4, 0.5) is 8.78 Å². The van der Waals surface area contributed by atoms with Gasteiger partial charge in [0.25, 0.3) is 0 Å². The fourth-order valence-corrected chi connectivity index (χ4v) is 2.99. The third-order valence-electron chi connectivity index (χ3n) is 4.29. The van der Waals surface area contributed by atoms with Crippen LogP contribution in [-0.4, -0.2) is 22.0 Å². The molecule has 0 bridgehead atoms. The van der Waals surface area contributed by atoms with Gasteiger partial charge in [-0.05, 0) is 24.8 Å². The van der Waals surface area contributed by atoms with Gasteiger partial charge in [0.1, 0.15) is 5.82 Å². The summed E-state index contributed by atoms with van der Waals surface area (Å²) in [5.74, 6) is 0.00922. The first-order valence-electron chi connectivity index (χ1n) is 7.33. The molecule has 0 saturated heterocycles. The Kier molecular flexibility index (Phi) is 9.65. The van der Waals surface area contributed by atoms with Gasteiger partial charge in [-0.3, -0.25) is 9.36 Å². The first-order chi connectivity index (χ1) is 10.1. The molecule has 1 aliphatic carbocycles. The highest BCUT2D eigenvalue weighted by atomic mass is 35.5. The van der Waals surface area contributed by atoms with Crippen LogP contribution < -0.4 is 11.1 Å². The second-order valence-electron chi connectivity index (χ2n) is 5.75. The lowest BCUT2D eigenvalue weighted by Crippen LogP contribution is -2.38. The van der Waals surface area contributed by atoms with Crippen molar-refractivity contribution < 1.29 is 13.6 Å². The molecule has 1 aliphatic rings. The number of alkyl halides is 2. The smallest absolute Gasteiger partial charge is 0.319 e. The molecule has 9 heteroatoms. The predicted octanol–water partition coefficient (Wildman–Crippen LogP) is 3.04. The molecule has 23 heavy (non-hydrogen) atoms. The lowest BCUT2D eigenvalue weighted by atomic mass is 9.71. The van der Waals surface area contributed by atoms with Crippen LogP contribution in [0.1, 0.15) is 50.9 Å². The first-order valence-corrected chi connectivity index (χ1v) is 7.33. The van der Waals surface area contributed by atoms with Gasteiger partial charge in [-0.15, -0.1) is 24.8 Å². The van der Waals surface area contributed by atoms with E-state index in [4.69, 9.17) is 5.73 Å². The second-order valence-corrected chi connectivity index (χ2v) is 5.75. The van der Waals surface area contributed by atoms with Crippen LogP contribution in [0.5, 0.6) is 0 Å². The zero-order valence-corrected chi connectivity index (χ0v) is 14.5. The van der Waals surface area contributed by atoms with Crippen molar-refractivity contribution in [3.05, 3.63) is 18.2 Å². The van der Waals surface area contributed by atoms with Gasteiger partial charge in [0, 0.05) is 18.8 Å². The van der Waals surface area contributed by atoms with Gasteiger partial charge in [0.15, 0.2) is 0 Å². The predicted molar refractivity (Wildman–Crippen MR) is 89.0 cm³/mol. The van der Waals surface area contributed by atoms with Crippen molar-refractivity contribution in [2.24, 2.45) is 11.1 Å². The number of hydrogen-bond donors (Lipinski definition) is 2. The van der Waals surface area contributed by atoms with Gasteiger partial charge < -0.3 is 11.1 Å². The minimum absolute atomic E-state index is 0. The van der Waals surface area contributed by atoms with Gasteiger partial charge in [0.2, 0.25) is 5.91 Å². The number of hydrogen-bond acceptors (Lipinski definition) is 3. The monoisotopic (exact) mass is 372 g/mol. The van der Waals surface area contributed by atoms with Crippen molar-refractivity contribution in [3.8, 4) is 0 Å². The lowest BCUT2D eigenvalue weighted by Gasteiger charge is -2.35. The van der Waals surface area contributed by atoms with Crippen LogP contribution in [0, 0.1) is 5.41 Å². The summed E-state index contributed by atoms with van der Waals surface area (Å²) in [4.78, 5) is 15.9. The molecule has 134 valence electrons. The summed E-state index contributed by atoms with van der Waals surface area (Å²) >= 11 is 0. The number of amides is 1. The van der Waals surface area contributed by atoms with E-state index >= 15 is 0 Å². The summed E-state index contributed by atoms with van der Waals surface area (Å²) in [7, 11) is 0. The minimum Gasteiger partial charge on any atom is -0.349 e. The Hall–Kier alpha value is -0.920. The summed E-state index contributed by atoms with van der Waals surface area (Å²) in [6.07, 6.45) is 8.17. The molecule has 1 amide bonds. The highest BCUT2D eigenvalue weighted by molar-refractivity contribution is 5.85. The lowest BCUT2D eigenvalue weighted by molar-refractivity contribution is -0.124. The molecule has 0 radical (unpaired) electrons. The molecule has 1 aromatic heterocycles. The van der Waals surface area contributed by atoms with Gasteiger partial charge in [0.05, 0.1) is 6.54 Å². The number of aromatic nitrogens is 2. The number of imidazole rings is 1. The average Bonchev–Trinajstić information content (AvgIpc) is 2.95. The van der Waals surface area contributed by atoms with E-state index in [-0.39, 0.29) is 48.5 Å². The molecule has 3 N–H and O–H groups in total. The molecule has 1 aromatic rings. The Bertz CT molecular complexity index is 479. The van der Waals surface area contributed by atoms with Crippen LogP contribution >= 0.6 is 24.8 Å². The Labute approximate surface area is 147 Å². The van der Waals surface area contributed by atoms with Crippen LogP contribution in [0.15, 0.2) is 12.4 Å². The first kappa shape index (κ1) is 22.1. The summed E-state index contributed by atoms with van der Waals surface area (Å²) in [5, 5.41) is 2.68. The maximum absolute atomic E-state index is 12.7. The van der Waals surface area contributed by atoms with E-state index in [1.807, 2.05) is 0 Å². The number of nitrogens with two attached hydrogens (primary N) is 1. The molecule has 0 unspecified atom stereocenters. The highest BCUT2D eigenvalue weighted by Gasteiger charge is 2.32. The number of carbonyl (C=O) groups is 1. The molecule has 0 aliphatic heterocycles. The third kappa shape index (κ3) is 5.90. The van der Waals surface area contributed by atoms with Gasteiger partial charge >= 0.3 is 6.55 Å². The molecule has 0 aromatic carbocycles. The molecule has 5 nitrogen and oxygen atoms in total. The summed E-state index contributed by atoms with van der Waals surface area (Å²) in [6, 6.07) is 0. The van der Waals surface area contributed by atoms with Crippen molar-refractivity contribution in [2.75, 3.05) is 6.54 Å². The number of nitrogens with zero attached hydrogens (tertiary/aromatic N) is 2. The standard InChI is InChI=1S/C14H22F2N4O.2ClH/c15-13(16)20-7-6-18-11(20)9-19-12(21)8-14(10-17)4-2-1-3-5-14;;/h6-7,13H,1-5,8-10,17H2,(H,19,21);2*1H. The van der Waals surface area contributed by atoms with E-state index in [9.17, 15) is 13.6 Å². The van der Waals surface area contributed by atoms with E-state index in [0.717, 1.165) is 30.3 Å². The van der Waals surface area contributed by atoms with Gasteiger partial charge in [-0.1, -0.05) is 19.3 Å². The van der Waals surface area contributed by atoms with Crippen molar-refractivity contribution in [3.63, 3.8) is 0 Å². The van der Waals surface area contributed by atoms with Crippen LogP contribution in [-0.2, 0) is 11.3 Å². The Morgan fingerprint density at radius 2 is 2.00 bits per heavy atom. The molecular weight excluding hydrogens is 349 g/mol. The summed E-state index contributed by atoms with van der Waals surface area (Å²) in [5.41, 5.74) is 5.72. The number of nitrogens with one attached hydrogen (secondary N) is 1. The second kappa shape index (κ2) is 10.1. The maximum atomic E-state index is 12.7. The molecule has 0 atom stereocenters. The summed E-state index contributed by atoms with van der Waals surface area (Å²) < 4.78 is 26.1. The Morgan fingerprint density at radius 1 is 1.35 bits per heavy atom. The van der Waals surface area contributed by atoms with E-state index in [0.29, 0.717) is 13.0 Å². The fourth-order valence-electron chi connectivity index (χ4n) is 2.99. The maximum Gasteiger partial charge on any atom is 0.319 e. The number of halogens is 4. The third-order valence-corrected chi connectivity index (χ3v) is 4.29. The quantitative estimate of drug-likeness (QED) is 0.805. The van der Waals surface area contributed by atoms with E-state index in [1.165, 1.54) is 18.8 Å². The van der Waals surface area contributed by atoms with Crippen molar-refractivity contribution in [2.45, 2.75) is 51.6 Å². The zero-order valence-electron chi connectivity index (χ0n) is 12.8. The zero-order chi connectivity index (χ0) is 15.3.